The van der Waals surface area contributed by atoms with Gasteiger partial charge in [0.1, 0.15) is 0 Å². The van der Waals surface area contributed by atoms with Gasteiger partial charge in [-0.15, -0.1) is 0 Å². The molecule has 0 aromatic heterocycles. The van der Waals surface area contributed by atoms with Crippen LogP contribution in [0.4, 0.5) is 0 Å². The van der Waals surface area contributed by atoms with Gasteiger partial charge in [-0.1, -0.05) is 60.7 Å². The number of hydrogen-bond acceptors (Lipinski definition) is 3. The van der Waals surface area contributed by atoms with E-state index in [-0.39, 0.29) is 5.78 Å². The molecule has 1 aliphatic heterocycles. The first kappa shape index (κ1) is 12.1. The Morgan fingerprint density at radius 2 is 1.37 bits per heavy atom. The molecule has 3 rings (SSSR count). The van der Waals surface area contributed by atoms with E-state index in [2.05, 4.69) is 0 Å². The number of hydrogen-bond donors (Lipinski definition) is 0. The van der Waals surface area contributed by atoms with Crippen LogP contribution in [0.25, 0.3) is 0 Å². The molecule has 3 nitrogen and oxygen atoms in total. The van der Waals surface area contributed by atoms with Gasteiger partial charge in [0.2, 0.25) is 5.78 Å². The molecule has 19 heavy (non-hydrogen) atoms. The minimum atomic E-state index is -1.29. The number of carbonyl (C=O) groups is 1. The minimum Gasteiger partial charge on any atom is -0.337 e. The van der Waals surface area contributed by atoms with Crippen molar-refractivity contribution in [3.05, 3.63) is 71.8 Å². The molecule has 96 valence electrons. The largest absolute Gasteiger partial charge is 0.337 e. The molecule has 0 bridgehead atoms. The van der Waals surface area contributed by atoms with Gasteiger partial charge in [0.05, 0.1) is 13.2 Å². The lowest BCUT2D eigenvalue weighted by Gasteiger charge is -2.26. The third kappa shape index (κ3) is 2.07. The number of benzene rings is 2. The maximum atomic E-state index is 12.7. The van der Waals surface area contributed by atoms with Gasteiger partial charge in [0.15, 0.2) is 0 Å². The second kappa shape index (κ2) is 4.96. The molecule has 1 aliphatic rings. The van der Waals surface area contributed by atoms with Crippen molar-refractivity contribution in [1.29, 1.82) is 0 Å². The Bertz CT molecular complexity index is 557. The van der Waals surface area contributed by atoms with Gasteiger partial charge < -0.3 is 9.47 Å². The van der Waals surface area contributed by atoms with Crippen LogP contribution in [0, 0.1) is 0 Å². The third-order valence-electron chi connectivity index (χ3n) is 3.18. The summed E-state index contributed by atoms with van der Waals surface area (Å²) in [6.07, 6.45) is 0. The third-order valence-corrected chi connectivity index (χ3v) is 3.18. The topological polar surface area (TPSA) is 35.5 Å². The van der Waals surface area contributed by atoms with Crippen LogP contribution in [0.15, 0.2) is 60.7 Å². The van der Waals surface area contributed by atoms with Crippen LogP contribution in [0.5, 0.6) is 0 Å². The zero-order chi connectivity index (χ0) is 13.1. The molecule has 0 N–H and O–H groups in total. The van der Waals surface area contributed by atoms with Crippen LogP contribution in [-0.2, 0) is 15.3 Å². The summed E-state index contributed by atoms with van der Waals surface area (Å²) in [5, 5.41) is 0. The van der Waals surface area contributed by atoms with Crippen LogP contribution in [0.1, 0.15) is 15.9 Å². The lowest BCUT2D eigenvalue weighted by molar-refractivity contribution is -0.126. The van der Waals surface area contributed by atoms with Crippen molar-refractivity contribution in [1.82, 2.24) is 0 Å². The molecule has 0 radical (unpaired) electrons. The second-order valence-corrected chi connectivity index (χ2v) is 4.37. The summed E-state index contributed by atoms with van der Waals surface area (Å²) < 4.78 is 11.3. The van der Waals surface area contributed by atoms with Crippen LogP contribution >= 0.6 is 0 Å². The molecule has 3 heteroatoms. The van der Waals surface area contributed by atoms with E-state index in [1.807, 2.05) is 48.5 Å². The maximum absolute atomic E-state index is 12.7. The number of ketones is 1. The number of carbonyl (C=O) groups excluding carboxylic acids is 1. The Morgan fingerprint density at radius 1 is 0.842 bits per heavy atom. The summed E-state index contributed by atoms with van der Waals surface area (Å²) in [4.78, 5) is 12.7. The Morgan fingerprint density at radius 3 is 1.95 bits per heavy atom. The van der Waals surface area contributed by atoms with Gasteiger partial charge in [-0.25, -0.2) is 0 Å². The first-order chi connectivity index (χ1) is 9.33. The van der Waals surface area contributed by atoms with Crippen LogP contribution < -0.4 is 0 Å². The van der Waals surface area contributed by atoms with Crippen molar-refractivity contribution in [2.45, 2.75) is 5.79 Å². The molecular formula is C16H14O3. The summed E-state index contributed by atoms with van der Waals surface area (Å²) in [6.45, 7) is 0.848. The minimum absolute atomic E-state index is 0.156. The Hall–Kier alpha value is -1.97. The van der Waals surface area contributed by atoms with E-state index < -0.39 is 5.79 Å². The number of rotatable bonds is 3. The van der Waals surface area contributed by atoms with E-state index >= 15 is 0 Å². The van der Waals surface area contributed by atoms with Gasteiger partial charge in [0.25, 0.3) is 5.79 Å². The normalized spacial score (nSPS) is 17.3. The zero-order valence-corrected chi connectivity index (χ0v) is 10.4. The summed E-state index contributed by atoms with van der Waals surface area (Å²) in [5.74, 6) is -1.44. The molecule has 0 spiro atoms. The zero-order valence-electron chi connectivity index (χ0n) is 10.4. The molecule has 2 aromatic carbocycles. The molecule has 1 fully saturated rings. The standard InChI is InChI=1S/C16H14O3/c17-15(13-7-3-1-4-8-13)16(18-11-12-19-16)14-9-5-2-6-10-14/h1-10H,11-12H2. The first-order valence-corrected chi connectivity index (χ1v) is 6.26. The monoisotopic (exact) mass is 254 g/mol. The maximum Gasteiger partial charge on any atom is 0.261 e. The first-order valence-electron chi connectivity index (χ1n) is 6.26. The molecule has 2 aromatic rings. The average Bonchev–Trinajstić information content (AvgIpc) is 2.99. The van der Waals surface area contributed by atoms with Crippen LogP contribution in [0.2, 0.25) is 0 Å². The van der Waals surface area contributed by atoms with E-state index in [9.17, 15) is 4.79 Å². The van der Waals surface area contributed by atoms with E-state index in [0.717, 1.165) is 5.56 Å². The molecule has 0 amide bonds. The molecular weight excluding hydrogens is 240 g/mol. The Labute approximate surface area is 111 Å². The van der Waals surface area contributed by atoms with Crippen molar-refractivity contribution in [2.75, 3.05) is 13.2 Å². The SMILES string of the molecule is O=C(c1ccccc1)C1(c2ccccc2)OCCO1. The molecule has 1 heterocycles. The van der Waals surface area contributed by atoms with E-state index in [4.69, 9.17) is 9.47 Å². The fourth-order valence-corrected chi connectivity index (χ4v) is 2.28. The van der Waals surface area contributed by atoms with Crippen molar-refractivity contribution < 1.29 is 14.3 Å². The quantitative estimate of drug-likeness (QED) is 0.790. The predicted octanol–water partition coefficient (Wildman–Crippen LogP) is 2.77. The fourth-order valence-electron chi connectivity index (χ4n) is 2.28. The highest BCUT2D eigenvalue weighted by Crippen LogP contribution is 2.34. The Kier molecular flexibility index (Phi) is 3.15. The lowest BCUT2D eigenvalue weighted by Crippen LogP contribution is -2.37. The van der Waals surface area contributed by atoms with E-state index in [0.29, 0.717) is 18.8 Å². The summed E-state index contributed by atoms with van der Waals surface area (Å²) in [6, 6.07) is 18.5. The summed E-state index contributed by atoms with van der Waals surface area (Å²) >= 11 is 0. The van der Waals surface area contributed by atoms with Gasteiger partial charge in [-0.3, -0.25) is 4.79 Å². The number of ether oxygens (including phenoxy) is 2. The highest BCUT2D eigenvalue weighted by molar-refractivity contribution is 6.02. The molecule has 0 atom stereocenters. The molecule has 0 unspecified atom stereocenters. The molecule has 0 aliphatic carbocycles. The predicted molar refractivity (Wildman–Crippen MR) is 70.8 cm³/mol. The summed E-state index contributed by atoms with van der Waals surface area (Å²) in [7, 11) is 0. The molecule has 0 saturated carbocycles. The second-order valence-electron chi connectivity index (χ2n) is 4.37. The average molecular weight is 254 g/mol. The smallest absolute Gasteiger partial charge is 0.261 e. The highest BCUT2D eigenvalue weighted by atomic mass is 16.7. The van der Waals surface area contributed by atoms with Crippen molar-refractivity contribution in [3.63, 3.8) is 0 Å². The van der Waals surface area contributed by atoms with Gasteiger partial charge in [-0.05, 0) is 0 Å². The van der Waals surface area contributed by atoms with Gasteiger partial charge >= 0.3 is 0 Å². The Balaban J connectivity index is 2.05. The van der Waals surface area contributed by atoms with Crippen molar-refractivity contribution >= 4 is 5.78 Å². The number of Topliss-reactive ketones (excluding diaryl/α,β-unsaturated/α-hetero) is 1. The van der Waals surface area contributed by atoms with Crippen molar-refractivity contribution in [2.24, 2.45) is 0 Å². The molecule has 1 saturated heterocycles. The van der Waals surface area contributed by atoms with Gasteiger partial charge in [-0.2, -0.15) is 0 Å². The lowest BCUT2D eigenvalue weighted by atomic mass is 9.96. The van der Waals surface area contributed by atoms with Crippen molar-refractivity contribution in [3.8, 4) is 0 Å². The van der Waals surface area contributed by atoms with Gasteiger partial charge in [0, 0.05) is 11.1 Å². The van der Waals surface area contributed by atoms with E-state index in [1.54, 1.807) is 12.1 Å². The highest BCUT2D eigenvalue weighted by Gasteiger charge is 2.46. The van der Waals surface area contributed by atoms with Crippen LogP contribution in [0.3, 0.4) is 0 Å². The summed E-state index contributed by atoms with van der Waals surface area (Å²) in [5.41, 5.74) is 1.33. The van der Waals surface area contributed by atoms with Crippen LogP contribution in [-0.4, -0.2) is 19.0 Å². The fraction of sp³-hybridized carbons (Fsp3) is 0.188. The van der Waals surface area contributed by atoms with E-state index in [1.165, 1.54) is 0 Å².